The number of nitrogens with one attached hydrogen (secondary N) is 1. The molecule has 0 radical (unpaired) electrons. The molecule has 3 rings (SSSR count). The quantitative estimate of drug-likeness (QED) is 0.757. The lowest BCUT2D eigenvalue weighted by Crippen LogP contribution is -2.36. The van der Waals surface area contributed by atoms with Crippen LogP contribution in [0, 0.1) is 11.3 Å². The van der Waals surface area contributed by atoms with E-state index in [4.69, 9.17) is 4.74 Å². The first-order chi connectivity index (χ1) is 13.8. The number of rotatable bonds is 5. The van der Waals surface area contributed by atoms with Gasteiger partial charge >= 0.3 is 6.18 Å². The third kappa shape index (κ3) is 4.87. The first-order valence-electron chi connectivity index (χ1n) is 9.11. The van der Waals surface area contributed by atoms with Crippen molar-refractivity contribution in [2.45, 2.75) is 19.6 Å². The zero-order valence-electron chi connectivity index (χ0n) is 15.8. The monoisotopic (exact) mass is 403 g/mol. The maximum Gasteiger partial charge on any atom is 0.416 e. The number of carbonyl (C=O) groups is 1. The summed E-state index contributed by atoms with van der Waals surface area (Å²) in [5, 5.41) is 12.1. The maximum absolute atomic E-state index is 13.7. The van der Waals surface area contributed by atoms with E-state index in [1.807, 2.05) is 11.0 Å². The van der Waals surface area contributed by atoms with Crippen LogP contribution in [0.5, 0.6) is 0 Å². The van der Waals surface area contributed by atoms with E-state index in [1.165, 1.54) is 31.2 Å². The molecule has 0 saturated carbocycles. The average molecular weight is 403 g/mol. The largest absolute Gasteiger partial charge is 0.416 e. The van der Waals surface area contributed by atoms with Crippen LogP contribution < -0.4 is 10.2 Å². The summed E-state index contributed by atoms with van der Waals surface area (Å²) in [4.78, 5) is 13.4. The highest BCUT2D eigenvalue weighted by Gasteiger charge is 2.34. The third-order valence-electron chi connectivity index (χ3n) is 4.79. The predicted octanol–water partition coefficient (Wildman–Crippen LogP) is 4.23. The standard InChI is InChI=1S/C21H20F3N3O2/c1-14(28)15-2-3-16(12-25)20(10-15)26-13-17-4-5-18(11-19(17)21(22,23)24)27-6-8-29-9-7-27/h2-5,10-11,26H,6-9,13H2,1H3. The van der Waals surface area contributed by atoms with Crippen LogP contribution in [0.3, 0.4) is 0 Å². The molecule has 1 heterocycles. The van der Waals surface area contributed by atoms with E-state index < -0.39 is 11.7 Å². The van der Waals surface area contributed by atoms with Crippen molar-refractivity contribution in [3.8, 4) is 6.07 Å². The number of morpholine rings is 1. The Kier molecular flexibility index (Phi) is 6.09. The zero-order valence-corrected chi connectivity index (χ0v) is 15.8. The van der Waals surface area contributed by atoms with Crippen LogP contribution in [-0.2, 0) is 17.5 Å². The number of alkyl halides is 3. The minimum atomic E-state index is -4.52. The molecule has 0 aliphatic carbocycles. The Balaban J connectivity index is 1.88. The van der Waals surface area contributed by atoms with Crippen LogP contribution in [0.2, 0.25) is 0 Å². The summed E-state index contributed by atoms with van der Waals surface area (Å²) in [5.74, 6) is -0.191. The van der Waals surface area contributed by atoms with Crippen molar-refractivity contribution in [3.63, 3.8) is 0 Å². The molecule has 1 fully saturated rings. The van der Waals surface area contributed by atoms with Crippen LogP contribution in [-0.4, -0.2) is 32.1 Å². The van der Waals surface area contributed by atoms with E-state index in [-0.39, 0.29) is 23.5 Å². The minimum absolute atomic E-state index is 0.0617. The summed E-state index contributed by atoms with van der Waals surface area (Å²) in [7, 11) is 0. The third-order valence-corrected chi connectivity index (χ3v) is 4.79. The second-order valence-corrected chi connectivity index (χ2v) is 6.72. The molecule has 0 spiro atoms. The van der Waals surface area contributed by atoms with E-state index in [1.54, 1.807) is 6.07 Å². The van der Waals surface area contributed by atoms with Gasteiger partial charge in [-0.05, 0) is 42.8 Å². The number of ketones is 1. The first kappa shape index (κ1) is 20.7. The van der Waals surface area contributed by atoms with Gasteiger partial charge in [0.2, 0.25) is 0 Å². The Labute approximate surface area is 166 Å². The van der Waals surface area contributed by atoms with E-state index >= 15 is 0 Å². The molecule has 1 N–H and O–H groups in total. The average Bonchev–Trinajstić information content (AvgIpc) is 2.71. The Morgan fingerprint density at radius 1 is 1.21 bits per heavy atom. The molecule has 29 heavy (non-hydrogen) atoms. The van der Waals surface area contributed by atoms with Crippen LogP contribution in [0.25, 0.3) is 0 Å². The van der Waals surface area contributed by atoms with Crippen LogP contribution >= 0.6 is 0 Å². The number of hydrogen-bond donors (Lipinski definition) is 1. The Morgan fingerprint density at radius 3 is 2.55 bits per heavy atom. The molecule has 2 aromatic carbocycles. The van der Waals surface area contributed by atoms with Gasteiger partial charge in [0.1, 0.15) is 6.07 Å². The highest BCUT2D eigenvalue weighted by atomic mass is 19.4. The van der Waals surface area contributed by atoms with Crippen molar-refractivity contribution in [3.05, 3.63) is 58.7 Å². The van der Waals surface area contributed by atoms with Gasteiger partial charge in [0.25, 0.3) is 0 Å². The van der Waals surface area contributed by atoms with Crippen molar-refractivity contribution >= 4 is 17.2 Å². The SMILES string of the molecule is CC(=O)c1ccc(C#N)c(NCc2ccc(N3CCOCC3)cc2C(F)(F)F)c1. The Hall–Kier alpha value is -3.05. The highest BCUT2D eigenvalue weighted by Crippen LogP contribution is 2.35. The van der Waals surface area contributed by atoms with Gasteiger partial charge in [0.05, 0.1) is 30.0 Å². The van der Waals surface area contributed by atoms with Crippen molar-refractivity contribution in [2.24, 2.45) is 0 Å². The molecule has 0 amide bonds. The summed E-state index contributed by atoms with van der Waals surface area (Å²) in [6.45, 7) is 3.30. The number of carbonyl (C=O) groups excluding carboxylic acids is 1. The number of nitrogens with zero attached hydrogens (tertiary/aromatic N) is 2. The molecule has 0 aromatic heterocycles. The molecular formula is C21H20F3N3O2. The normalized spacial score (nSPS) is 14.4. The molecule has 8 heteroatoms. The Bertz CT molecular complexity index is 945. The van der Waals surface area contributed by atoms with E-state index in [2.05, 4.69) is 5.32 Å². The molecular weight excluding hydrogens is 383 g/mol. The number of ether oxygens (including phenoxy) is 1. The van der Waals surface area contributed by atoms with Gasteiger partial charge in [-0.2, -0.15) is 18.4 Å². The molecule has 0 atom stereocenters. The molecule has 5 nitrogen and oxygen atoms in total. The lowest BCUT2D eigenvalue weighted by Gasteiger charge is -2.29. The zero-order chi connectivity index (χ0) is 21.0. The van der Waals surface area contributed by atoms with Crippen LogP contribution in [0.15, 0.2) is 36.4 Å². The number of halogens is 3. The number of nitriles is 1. The summed E-state index contributed by atoms with van der Waals surface area (Å²) in [6, 6.07) is 10.7. The Morgan fingerprint density at radius 2 is 1.93 bits per heavy atom. The molecule has 1 saturated heterocycles. The fraction of sp³-hybridized carbons (Fsp3) is 0.333. The molecule has 152 valence electrons. The number of anilines is 2. The van der Waals surface area contributed by atoms with Crippen molar-refractivity contribution in [1.29, 1.82) is 5.26 Å². The lowest BCUT2D eigenvalue weighted by atomic mass is 10.0. The van der Waals surface area contributed by atoms with Gasteiger partial charge in [-0.25, -0.2) is 0 Å². The van der Waals surface area contributed by atoms with E-state index in [0.29, 0.717) is 43.2 Å². The second kappa shape index (κ2) is 8.53. The molecule has 2 aromatic rings. The van der Waals surface area contributed by atoms with Crippen LogP contribution in [0.4, 0.5) is 24.5 Å². The lowest BCUT2D eigenvalue weighted by molar-refractivity contribution is -0.138. The van der Waals surface area contributed by atoms with Gasteiger partial charge in [-0.3, -0.25) is 4.79 Å². The van der Waals surface area contributed by atoms with Gasteiger partial charge in [-0.1, -0.05) is 6.07 Å². The van der Waals surface area contributed by atoms with Crippen molar-refractivity contribution in [1.82, 2.24) is 0 Å². The first-order valence-corrected chi connectivity index (χ1v) is 9.11. The van der Waals surface area contributed by atoms with E-state index in [9.17, 15) is 23.2 Å². The predicted molar refractivity (Wildman–Crippen MR) is 103 cm³/mol. The molecule has 1 aliphatic rings. The van der Waals surface area contributed by atoms with Gasteiger partial charge in [-0.15, -0.1) is 0 Å². The van der Waals surface area contributed by atoms with E-state index in [0.717, 1.165) is 6.07 Å². The van der Waals surface area contributed by atoms with Gasteiger partial charge in [0, 0.05) is 30.9 Å². The summed E-state index contributed by atoms with van der Waals surface area (Å²) >= 11 is 0. The topological polar surface area (TPSA) is 65.4 Å². The van der Waals surface area contributed by atoms with Crippen molar-refractivity contribution < 1.29 is 22.7 Å². The van der Waals surface area contributed by atoms with Crippen LogP contribution in [0.1, 0.15) is 34.0 Å². The molecule has 0 bridgehead atoms. The van der Waals surface area contributed by atoms with Gasteiger partial charge in [0.15, 0.2) is 5.78 Å². The minimum Gasteiger partial charge on any atom is -0.380 e. The highest BCUT2D eigenvalue weighted by molar-refractivity contribution is 5.95. The maximum atomic E-state index is 13.7. The second-order valence-electron chi connectivity index (χ2n) is 6.72. The molecule has 1 aliphatic heterocycles. The summed E-state index contributed by atoms with van der Waals surface area (Å²) in [5.41, 5.74) is 0.798. The smallest absolute Gasteiger partial charge is 0.380 e. The number of hydrogen-bond acceptors (Lipinski definition) is 5. The summed E-state index contributed by atoms with van der Waals surface area (Å²) < 4.78 is 46.3. The van der Waals surface area contributed by atoms with Gasteiger partial charge < -0.3 is 15.0 Å². The number of Topliss-reactive ketones (excluding diaryl/α,β-unsaturated/α-hetero) is 1. The fourth-order valence-corrected chi connectivity index (χ4v) is 3.20. The van der Waals surface area contributed by atoms with Crippen molar-refractivity contribution in [2.75, 3.05) is 36.5 Å². The fourth-order valence-electron chi connectivity index (χ4n) is 3.20. The summed E-state index contributed by atoms with van der Waals surface area (Å²) in [6.07, 6.45) is -4.52. The molecule has 0 unspecified atom stereocenters. The number of benzene rings is 2.